The van der Waals surface area contributed by atoms with E-state index < -0.39 is 36.8 Å². The maximum Gasteiger partial charge on any atom is 0.195 e. The van der Waals surface area contributed by atoms with Gasteiger partial charge in [-0.15, -0.1) is 0 Å². The molecule has 0 saturated carbocycles. The standard InChI is InChI=1S/C24H48O6/c1-19(2)16-14-12-10-8-6-4-3-5-7-9-11-13-15-17-24(29)23(28)22(27)21(26)20(18-25)30-24/h19-23,25-29H,3-18H2,1-2H3/t20-,21-,22+,23-,24?/m1/s1. The van der Waals surface area contributed by atoms with Gasteiger partial charge in [-0.2, -0.15) is 0 Å². The topological polar surface area (TPSA) is 110 Å². The SMILES string of the molecule is CC(C)CCCCCCCCCCCCCCCC1(O)O[C@H](CO)[C@@H](O)[C@H](O)[C@H]1O. The first-order valence-corrected chi connectivity index (χ1v) is 12.4. The van der Waals surface area contributed by atoms with Gasteiger partial charge >= 0.3 is 0 Å². The highest BCUT2D eigenvalue weighted by molar-refractivity contribution is 4.95. The largest absolute Gasteiger partial charge is 0.394 e. The second-order valence-electron chi connectivity index (χ2n) is 9.64. The van der Waals surface area contributed by atoms with E-state index in [-0.39, 0.29) is 6.42 Å². The van der Waals surface area contributed by atoms with Crippen LogP contribution in [0.3, 0.4) is 0 Å². The number of ether oxygens (including phenoxy) is 1. The van der Waals surface area contributed by atoms with E-state index in [2.05, 4.69) is 13.8 Å². The molecule has 1 fully saturated rings. The van der Waals surface area contributed by atoms with E-state index in [0.29, 0.717) is 6.42 Å². The van der Waals surface area contributed by atoms with Crippen LogP contribution in [0.4, 0.5) is 0 Å². The maximum atomic E-state index is 10.5. The summed E-state index contributed by atoms with van der Waals surface area (Å²) in [5.74, 6) is -1.08. The van der Waals surface area contributed by atoms with Crippen molar-refractivity contribution < 1.29 is 30.3 Å². The number of unbranched alkanes of at least 4 members (excludes halogenated alkanes) is 12. The first kappa shape index (κ1) is 27.8. The first-order chi connectivity index (χ1) is 14.3. The van der Waals surface area contributed by atoms with E-state index in [1.165, 1.54) is 64.2 Å². The molecule has 0 bridgehead atoms. The molecule has 0 amide bonds. The summed E-state index contributed by atoms with van der Waals surface area (Å²) in [6, 6.07) is 0. The fourth-order valence-corrected chi connectivity index (χ4v) is 4.30. The number of hydrogen-bond acceptors (Lipinski definition) is 6. The molecule has 1 saturated heterocycles. The summed E-state index contributed by atoms with van der Waals surface area (Å²) in [6.45, 7) is 4.07. The van der Waals surface area contributed by atoms with Gasteiger partial charge in [0.2, 0.25) is 0 Å². The molecule has 0 radical (unpaired) electrons. The summed E-state index contributed by atoms with van der Waals surface area (Å²) in [5, 5.41) is 49.4. The molecule has 5 N–H and O–H groups in total. The molecule has 5 atom stereocenters. The van der Waals surface area contributed by atoms with Crippen LogP contribution in [-0.2, 0) is 4.74 Å². The molecule has 6 heteroatoms. The number of hydrogen-bond donors (Lipinski definition) is 5. The van der Waals surface area contributed by atoms with Crippen LogP contribution < -0.4 is 0 Å². The molecule has 0 aromatic carbocycles. The Morgan fingerprint density at radius 2 is 1.13 bits per heavy atom. The van der Waals surface area contributed by atoms with Crippen molar-refractivity contribution in [3.05, 3.63) is 0 Å². The quantitative estimate of drug-likeness (QED) is 0.224. The fraction of sp³-hybridized carbons (Fsp3) is 1.00. The van der Waals surface area contributed by atoms with Crippen LogP contribution in [0, 0.1) is 5.92 Å². The van der Waals surface area contributed by atoms with E-state index in [1.807, 2.05) is 0 Å². The Labute approximate surface area is 183 Å². The lowest BCUT2D eigenvalue weighted by atomic mass is 9.89. The van der Waals surface area contributed by atoms with Crippen LogP contribution in [0.1, 0.15) is 110 Å². The average Bonchev–Trinajstić information content (AvgIpc) is 2.72. The fourth-order valence-electron chi connectivity index (χ4n) is 4.30. The summed E-state index contributed by atoms with van der Waals surface area (Å²) in [6.07, 6.45) is 11.8. The van der Waals surface area contributed by atoms with Crippen molar-refractivity contribution in [3.63, 3.8) is 0 Å². The predicted octanol–water partition coefficient (Wildman–Crippen LogP) is 3.66. The third kappa shape index (κ3) is 10.4. The number of rotatable bonds is 17. The molecule has 0 aromatic rings. The van der Waals surface area contributed by atoms with Crippen molar-refractivity contribution in [2.24, 2.45) is 5.92 Å². The minimum absolute atomic E-state index is 0.172. The summed E-state index contributed by atoms with van der Waals surface area (Å²) < 4.78 is 5.29. The molecule has 6 nitrogen and oxygen atoms in total. The van der Waals surface area contributed by atoms with Crippen LogP contribution in [0.5, 0.6) is 0 Å². The van der Waals surface area contributed by atoms with Gasteiger partial charge in [0.1, 0.15) is 24.4 Å². The summed E-state index contributed by atoms with van der Waals surface area (Å²) in [5.41, 5.74) is 0. The molecular formula is C24H48O6. The molecule has 1 aliphatic rings. The molecule has 0 aromatic heterocycles. The Hall–Kier alpha value is -0.240. The molecule has 1 rings (SSSR count). The normalized spacial score (nSPS) is 29.6. The van der Waals surface area contributed by atoms with Gasteiger partial charge in [0.05, 0.1) is 6.61 Å². The lowest BCUT2D eigenvalue weighted by Gasteiger charge is -2.45. The van der Waals surface area contributed by atoms with Crippen molar-refractivity contribution >= 4 is 0 Å². The van der Waals surface area contributed by atoms with Gasteiger partial charge in [-0.1, -0.05) is 97.3 Å². The molecule has 30 heavy (non-hydrogen) atoms. The summed E-state index contributed by atoms with van der Waals surface area (Å²) >= 11 is 0. The lowest BCUT2D eigenvalue weighted by molar-refractivity contribution is -0.351. The Morgan fingerprint density at radius 3 is 1.57 bits per heavy atom. The second kappa shape index (κ2) is 15.5. The van der Waals surface area contributed by atoms with Gasteiger partial charge in [0, 0.05) is 6.42 Å². The van der Waals surface area contributed by atoms with Crippen LogP contribution in [0.15, 0.2) is 0 Å². The van der Waals surface area contributed by atoms with E-state index in [0.717, 1.165) is 25.2 Å². The zero-order chi connectivity index (χ0) is 22.4. The van der Waals surface area contributed by atoms with Gasteiger partial charge in [0.25, 0.3) is 0 Å². The molecule has 0 spiro atoms. The molecule has 1 aliphatic heterocycles. The highest BCUT2D eigenvalue weighted by Gasteiger charge is 2.51. The molecule has 180 valence electrons. The van der Waals surface area contributed by atoms with Gasteiger partial charge in [-0.05, 0) is 12.3 Å². The van der Waals surface area contributed by atoms with Crippen LogP contribution in [-0.4, -0.2) is 62.3 Å². The Morgan fingerprint density at radius 1 is 0.700 bits per heavy atom. The zero-order valence-electron chi connectivity index (χ0n) is 19.3. The Balaban J connectivity index is 1.97. The second-order valence-corrected chi connectivity index (χ2v) is 9.64. The monoisotopic (exact) mass is 432 g/mol. The van der Waals surface area contributed by atoms with Gasteiger partial charge in [-0.3, -0.25) is 0 Å². The summed E-state index contributed by atoms with van der Waals surface area (Å²) in [7, 11) is 0. The van der Waals surface area contributed by atoms with Crippen LogP contribution in [0.25, 0.3) is 0 Å². The zero-order valence-corrected chi connectivity index (χ0v) is 19.3. The Kier molecular flexibility index (Phi) is 14.4. The highest BCUT2D eigenvalue weighted by atomic mass is 16.7. The van der Waals surface area contributed by atoms with Gasteiger partial charge < -0.3 is 30.3 Å². The van der Waals surface area contributed by atoms with E-state index in [1.54, 1.807) is 0 Å². The van der Waals surface area contributed by atoms with Crippen molar-refractivity contribution in [2.75, 3.05) is 6.61 Å². The van der Waals surface area contributed by atoms with Gasteiger partial charge in [-0.25, -0.2) is 0 Å². The smallest absolute Gasteiger partial charge is 0.195 e. The number of aliphatic hydroxyl groups excluding tert-OH is 4. The number of aliphatic hydroxyl groups is 5. The molecule has 1 heterocycles. The van der Waals surface area contributed by atoms with Crippen molar-refractivity contribution in [1.82, 2.24) is 0 Å². The summed E-state index contributed by atoms with van der Waals surface area (Å²) in [4.78, 5) is 0. The van der Waals surface area contributed by atoms with E-state index in [4.69, 9.17) is 4.74 Å². The molecular weight excluding hydrogens is 384 g/mol. The third-order valence-corrected chi connectivity index (χ3v) is 6.37. The van der Waals surface area contributed by atoms with E-state index in [9.17, 15) is 25.5 Å². The highest BCUT2D eigenvalue weighted by Crippen LogP contribution is 2.32. The molecule has 1 unspecified atom stereocenters. The predicted molar refractivity (Wildman–Crippen MR) is 119 cm³/mol. The van der Waals surface area contributed by atoms with Crippen molar-refractivity contribution in [2.45, 2.75) is 140 Å². The Bertz CT molecular complexity index is 417. The van der Waals surface area contributed by atoms with Crippen LogP contribution >= 0.6 is 0 Å². The third-order valence-electron chi connectivity index (χ3n) is 6.37. The van der Waals surface area contributed by atoms with Crippen LogP contribution in [0.2, 0.25) is 0 Å². The minimum atomic E-state index is -1.92. The van der Waals surface area contributed by atoms with Crippen molar-refractivity contribution in [3.8, 4) is 0 Å². The average molecular weight is 433 g/mol. The van der Waals surface area contributed by atoms with E-state index >= 15 is 0 Å². The lowest BCUT2D eigenvalue weighted by Crippen LogP contribution is -2.65. The van der Waals surface area contributed by atoms with Gasteiger partial charge in [0.15, 0.2) is 5.79 Å². The first-order valence-electron chi connectivity index (χ1n) is 12.4. The van der Waals surface area contributed by atoms with Crippen molar-refractivity contribution in [1.29, 1.82) is 0 Å². The maximum absolute atomic E-state index is 10.5. The molecule has 0 aliphatic carbocycles. The minimum Gasteiger partial charge on any atom is -0.394 e.